The molecule has 0 saturated carbocycles. The number of rotatable bonds is 0. The minimum Gasteiger partial charge on any atom is -0.353 e. The molecule has 0 amide bonds. The molecule has 0 bridgehead atoms. The Hall–Kier alpha value is -0.370. The maximum absolute atomic E-state index is 3.89. The zero-order chi connectivity index (χ0) is 6.97. The lowest BCUT2D eigenvalue weighted by molar-refractivity contribution is 0.673. The van der Waals surface area contributed by atoms with Gasteiger partial charge in [-0.2, -0.15) is 0 Å². The van der Waals surface area contributed by atoms with Crippen LogP contribution in [0.5, 0.6) is 0 Å². The Bertz CT molecular complexity index is 185. The van der Waals surface area contributed by atoms with Crippen LogP contribution in [-0.2, 0) is 0 Å². The van der Waals surface area contributed by atoms with Crippen molar-refractivity contribution in [3.63, 3.8) is 0 Å². The van der Waals surface area contributed by atoms with Crippen LogP contribution in [0.1, 0.15) is 25.7 Å². The molecule has 0 saturated heterocycles. The summed E-state index contributed by atoms with van der Waals surface area (Å²) in [6.45, 7) is 3.89. The number of thioether (sulfide) groups is 1. The van der Waals surface area contributed by atoms with Crippen molar-refractivity contribution < 1.29 is 0 Å². The van der Waals surface area contributed by atoms with Gasteiger partial charge in [0.05, 0.1) is 5.03 Å². The van der Waals surface area contributed by atoms with E-state index in [0.29, 0.717) is 0 Å². The summed E-state index contributed by atoms with van der Waals surface area (Å²) >= 11 is 1.82. The molecule has 2 rings (SSSR count). The van der Waals surface area contributed by atoms with Crippen LogP contribution >= 0.6 is 11.8 Å². The number of hydrogen-bond acceptors (Lipinski definition) is 2. The summed E-state index contributed by atoms with van der Waals surface area (Å²) in [5.74, 6) is 0. The van der Waals surface area contributed by atoms with Gasteiger partial charge in [-0.25, -0.2) is 0 Å². The number of nitrogens with one attached hydrogen (secondary N) is 1. The first-order valence-corrected chi connectivity index (χ1v) is 4.54. The summed E-state index contributed by atoms with van der Waals surface area (Å²) < 4.78 is 0. The summed E-state index contributed by atoms with van der Waals surface area (Å²) in [5, 5.41) is 4.42. The largest absolute Gasteiger partial charge is 0.353 e. The Labute approximate surface area is 65.6 Å². The number of hydrogen-bond donors (Lipinski definition) is 1. The number of allylic oxidation sites excluding steroid dienone is 2. The highest BCUT2D eigenvalue weighted by Gasteiger charge is 2.19. The topological polar surface area (TPSA) is 12.0 Å². The van der Waals surface area contributed by atoms with Crippen molar-refractivity contribution in [3.05, 3.63) is 22.2 Å². The van der Waals surface area contributed by atoms with Gasteiger partial charge in [-0.3, -0.25) is 0 Å². The van der Waals surface area contributed by atoms with Gasteiger partial charge in [0, 0.05) is 10.6 Å². The minimum atomic E-state index is 1.12. The molecule has 1 heterocycles. The molecule has 1 aliphatic carbocycles. The minimum absolute atomic E-state index is 1.12. The molecule has 0 radical (unpaired) electrons. The van der Waals surface area contributed by atoms with E-state index in [1.165, 1.54) is 36.3 Å². The van der Waals surface area contributed by atoms with Gasteiger partial charge >= 0.3 is 0 Å². The lowest BCUT2D eigenvalue weighted by atomic mass is 10.0. The Balaban J connectivity index is 2.20. The second-order valence-electron chi connectivity index (χ2n) is 2.76. The fourth-order valence-electron chi connectivity index (χ4n) is 1.47. The van der Waals surface area contributed by atoms with Crippen LogP contribution in [0.2, 0.25) is 0 Å². The molecule has 0 aromatic carbocycles. The van der Waals surface area contributed by atoms with Crippen molar-refractivity contribution in [1.82, 2.24) is 5.32 Å². The zero-order valence-corrected chi connectivity index (χ0v) is 6.76. The standard InChI is InChI=1S/C8H11NS/c1-6-9-7-4-2-3-5-8(7)10-6/h9H,1-5H2. The summed E-state index contributed by atoms with van der Waals surface area (Å²) in [5.41, 5.74) is 1.45. The first-order valence-electron chi connectivity index (χ1n) is 3.72. The average Bonchev–Trinajstić information content (AvgIpc) is 2.27. The molecule has 0 aromatic heterocycles. The van der Waals surface area contributed by atoms with E-state index in [9.17, 15) is 0 Å². The SMILES string of the molecule is C=C1NC2=C(CCCC2)S1. The second-order valence-corrected chi connectivity index (χ2v) is 3.95. The van der Waals surface area contributed by atoms with Gasteiger partial charge < -0.3 is 5.32 Å². The zero-order valence-electron chi connectivity index (χ0n) is 5.94. The first kappa shape index (κ1) is 6.35. The maximum Gasteiger partial charge on any atom is 0.0696 e. The highest BCUT2D eigenvalue weighted by Crippen LogP contribution is 2.40. The molecule has 1 aliphatic heterocycles. The molecule has 0 unspecified atom stereocenters. The van der Waals surface area contributed by atoms with Crippen LogP contribution in [0.3, 0.4) is 0 Å². The molecule has 1 N–H and O–H groups in total. The van der Waals surface area contributed by atoms with Crippen LogP contribution in [0.25, 0.3) is 0 Å². The van der Waals surface area contributed by atoms with Crippen molar-refractivity contribution >= 4 is 11.8 Å². The first-order chi connectivity index (χ1) is 4.86. The van der Waals surface area contributed by atoms with Crippen molar-refractivity contribution in [2.24, 2.45) is 0 Å². The van der Waals surface area contributed by atoms with E-state index in [-0.39, 0.29) is 0 Å². The van der Waals surface area contributed by atoms with E-state index >= 15 is 0 Å². The average molecular weight is 153 g/mol. The highest BCUT2D eigenvalue weighted by atomic mass is 32.2. The van der Waals surface area contributed by atoms with E-state index in [2.05, 4.69) is 11.9 Å². The summed E-state index contributed by atoms with van der Waals surface area (Å²) in [7, 11) is 0. The second kappa shape index (κ2) is 2.35. The molecule has 0 aromatic rings. The third-order valence-electron chi connectivity index (χ3n) is 1.95. The summed E-state index contributed by atoms with van der Waals surface area (Å²) in [6.07, 6.45) is 5.22. The Morgan fingerprint density at radius 1 is 1.30 bits per heavy atom. The van der Waals surface area contributed by atoms with E-state index in [0.717, 1.165) is 5.03 Å². The van der Waals surface area contributed by atoms with Crippen LogP contribution in [-0.4, -0.2) is 0 Å². The Kier molecular flexibility index (Phi) is 1.49. The van der Waals surface area contributed by atoms with Gasteiger partial charge in [-0.1, -0.05) is 18.3 Å². The molecule has 54 valence electrons. The van der Waals surface area contributed by atoms with Crippen LogP contribution in [0.15, 0.2) is 22.2 Å². The van der Waals surface area contributed by atoms with Gasteiger partial charge in [-0.05, 0) is 25.7 Å². The monoisotopic (exact) mass is 153 g/mol. The van der Waals surface area contributed by atoms with E-state index in [1.807, 2.05) is 11.8 Å². The van der Waals surface area contributed by atoms with Gasteiger partial charge in [0.25, 0.3) is 0 Å². The molecule has 10 heavy (non-hydrogen) atoms. The molecular formula is C8H11NS. The van der Waals surface area contributed by atoms with Gasteiger partial charge in [0.2, 0.25) is 0 Å². The molecule has 1 nitrogen and oxygen atoms in total. The van der Waals surface area contributed by atoms with Crippen molar-refractivity contribution in [2.75, 3.05) is 0 Å². The van der Waals surface area contributed by atoms with Crippen LogP contribution < -0.4 is 5.32 Å². The Morgan fingerprint density at radius 3 is 2.90 bits per heavy atom. The lowest BCUT2D eigenvalue weighted by Gasteiger charge is -2.10. The van der Waals surface area contributed by atoms with Crippen molar-refractivity contribution in [1.29, 1.82) is 0 Å². The smallest absolute Gasteiger partial charge is 0.0696 e. The van der Waals surface area contributed by atoms with Gasteiger partial charge in [-0.15, -0.1) is 0 Å². The fourth-order valence-corrected chi connectivity index (χ4v) is 2.46. The molecule has 0 atom stereocenters. The van der Waals surface area contributed by atoms with Crippen LogP contribution in [0, 0.1) is 0 Å². The summed E-state index contributed by atoms with van der Waals surface area (Å²) in [6, 6.07) is 0. The van der Waals surface area contributed by atoms with Crippen molar-refractivity contribution in [2.45, 2.75) is 25.7 Å². The highest BCUT2D eigenvalue weighted by molar-refractivity contribution is 8.06. The van der Waals surface area contributed by atoms with Crippen LogP contribution in [0.4, 0.5) is 0 Å². The third-order valence-corrected chi connectivity index (χ3v) is 3.00. The summed E-state index contributed by atoms with van der Waals surface area (Å²) in [4.78, 5) is 1.54. The van der Waals surface area contributed by atoms with E-state index in [4.69, 9.17) is 0 Å². The lowest BCUT2D eigenvalue weighted by Crippen LogP contribution is -2.06. The quantitative estimate of drug-likeness (QED) is 0.574. The third kappa shape index (κ3) is 0.966. The van der Waals surface area contributed by atoms with Gasteiger partial charge in [0.15, 0.2) is 0 Å². The van der Waals surface area contributed by atoms with E-state index in [1.54, 1.807) is 0 Å². The molecule has 0 fully saturated rings. The molecule has 2 aliphatic rings. The predicted molar refractivity (Wildman–Crippen MR) is 45.4 cm³/mol. The maximum atomic E-state index is 3.89. The molecule has 0 spiro atoms. The van der Waals surface area contributed by atoms with E-state index < -0.39 is 0 Å². The predicted octanol–water partition coefficient (Wildman–Crippen LogP) is 2.58. The Morgan fingerprint density at radius 2 is 2.10 bits per heavy atom. The normalized spacial score (nSPS) is 24.6. The molecular weight excluding hydrogens is 142 g/mol. The fraction of sp³-hybridized carbons (Fsp3) is 0.500. The van der Waals surface area contributed by atoms with Crippen molar-refractivity contribution in [3.8, 4) is 0 Å². The molecule has 2 heteroatoms. The van der Waals surface area contributed by atoms with Gasteiger partial charge in [0.1, 0.15) is 0 Å².